The number of benzene rings is 1. The Morgan fingerprint density at radius 2 is 2.00 bits per heavy atom. The van der Waals surface area contributed by atoms with Gasteiger partial charge >= 0.3 is 6.18 Å². The summed E-state index contributed by atoms with van der Waals surface area (Å²) in [5.74, 6) is 0.175. The summed E-state index contributed by atoms with van der Waals surface area (Å²) in [7, 11) is 0. The maximum absolute atomic E-state index is 13.8. The fourth-order valence-corrected chi connectivity index (χ4v) is 4.15. The lowest BCUT2D eigenvalue weighted by Gasteiger charge is -2.24. The molecule has 3 aromatic heterocycles. The number of nitrogens with zero attached hydrogens (tertiary/aromatic N) is 3. The lowest BCUT2D eigenvalue weighted by atomic mass is 10.0. The van der Waals surface area contributed by atoms with Crippen molar-refractivity contribution >= 4 is 16.9 Å². The Kier molecular flexibility index (Phi) is 5.26. The SMILES string of the molecule is N#Cc1cc(-c2ccc3c(-c4nc(N[C@H]5CCCNC5)ncc4C(F)(F)F)c[nH]c3c2)c[nH]1. The van der Waals surface area contributed by atoms with E-state index in [1.165, 1.54) is 6.20 Å². The minimum Gasteiger partial charge on any atom is -0.360 e. The van der Waals surface area contributed by atoms with Crippen LogP contribution in [0.25, 0.3) is 33.3 Å². The molecule has 1 aromatic carbocycles. The molecule has 0 aliphatic carbocycles. The first-order valence-corrected chi connectivity index (χ1v) is 10.5. The topological polar surface area (TPSA) is 105 Å². The van der Waals surface area contributed by atoms with Crippen molar-refractivity contribution in [2.24, 2.45) is 0 Å². The van der Waals surface area contributed by atoms with Crippen molar-refractivity contribution in [1.82, 2.24) is 25.3 Å². The Balaban J connectivity index is 1.55. The van der Waals surface area contributed by atoms with E-state index in [0.29, 0.717) is 28.7 Å². The average Bonchev–Trinajstić information content (AvgIpc) is 3.46. The van der Waals surface area contributed by atoms with Gasteiger partial charge in [-0.25, -0.2) is 9.97 Å². The molecule has 4 heterocycles. The molecule has 5 rings (SSSR count). The van der Waals surface area contributed by atoms with Crippen molar-refractivity contribution in [2.45, 2.75) is 25.1 Å². The van der Waals surface area contributed by atoms with E-state index in [9.17, 15) is 13.2 Å². The van der Waals surface area contributed by atoms with Crippen molar-refractivity contribution in [1.29, 1.82) is 5.26 Å². The molecule has 0 unspecified atom stereocenters. The van der Waals surface area contributed by atoms with Gasteiger partial charge in [0.2, 0.25) is 5.95 Å². The van der Waals surface area contributed by atoms with Crippen LogP contribution in [0.5, 0.6) is 0 Å². The lowest BCUT2D eigenvalue weighted by Crippen LogP contribution is -2.38. The highest BCUT2D eigenvalue weighted by atomic mass is 19.4. The number of nitriles is 1. The largest absolute Gasteiger partial charge is 0.419 e. The van der Waals surface area contributed by atoms with Crippen LogP contribution in [0.1, 0.15) is 24.1 Å². The standard InChI is InChI=1S/C23H20F3N7/c24-23(25,26)19-12-31-22(32-15-2-1-5-28-10-15)33-21(19)18-11-30-20-7-13(3-4-17(18)20)14-6-16(8-27)29-9-14/h3-4,6-7,9,11-12,15,28-30H,1-2,5,10H2,(H,31,32,33)/t15-/m0/s1. The highest BCUT2D eigenvalue weighted by Crippen LogP contribution is 2.39. The van der Waals surface area contributed by atoms with E-state index in [2.05, 4.69) is 30.6 Å². The predicted molar refractivity (Wildman–Crippen MR) is 118 cm³/mol. The fraction of sp³-hybridized carbons (Fsp3) is 0.261. The van der Waals surface area contributed by atoms with Gasteiger partial charge in [-0.05, 0) is 37.1 Å². The van der Waals surface area contributed by atoms with Gasteiger partial charge in [-0.3, -0.25) is 0 Å². The number of aromatic nitrogens is 4. The van der Waals surface area contributed by atoms with Crippen LogP contribution in [0.3, 0.4) is 0 Å². The number of piperidine rings is 1. The Bertz CT molecular complexity index is 1340. The van der Waals surface area contributed by atoms with Crippen LogP contribution < -0.4 is 10.6 Å². The number of hydrogen-bond acceptors (Lipinski definition) is 5. The second kappa shape index (κ2) is 8.26. The van der Waals surface area contributed by atoms with Gasteiger partial charge < -0.3 is 20.6 Å². The molecule has 1 aliphatic heterocycles. The number of anilines is 1. The second-order valence-corrected chi connectivity index (χ2v) is 8.02. The first-order chi connectivity index (χ1) is 15.9. The van der Waals surface area contributed by atoms with Gasteiger partial charge in [0, 0.05) is 53.2 Å². The summed E-state index contributed by atoms with van der Waals surface area (Å²) in [6.07, 6.45) is 1.38. The van der Waals surface area contributed by atoms with Gasteiger partial charge in [-0.1, -0.05) is 12.1 Å². The monoisotopic (exact) mass is 451 g/mol. The minimum atomic E-state index is -4.59. The first kappa shape index (κ1) is 21.0. The zero-order valence-electron chi connectivity index (χ0n) is 17.4. The molecule has 168 valence electrons. The highest BCUT2D eigenvalue weighted by Gasteiger charge is 2.36. The molecule has 1 fully saturated rings. The molecule has 0 bridgehead atoms. The van der Waals surface area contributed by atoms with Crippen molar-refractivity contribution in [3.05, 3.63) is 54.1 Å². The minimum absolute atomic E-state index is 0.0634. The molecular formula is C23H20F3N7. The van der Waals surface area contributed by atoms with Crippen molar-refractivity contribution in [2.75, 3.05) is 18.4 Å². The predicted octanol–water partition coefficient (Wildman–Crippen LogP) is 4.67. The van der Waals surface area contributed by atoms with Crippen molar-refractivity contribution in [3.63, 3.8) is 0 Å². The summed E-state index contributed by atoms with van der Waals surface area (Å²) in [6, 6.07) is 9.23. The third kappa shape index (κ3) is 4.15. The van der Waals surface area contributed by atoms with E-state index in [0.717, 1.165) is 36.7 Å². The average molecular weight is 451 g/mol. The Labute approximate surface area is 187 Å². The third-order valence-corrected chi connectivity index (χ3v) is 5.80. The van der Waals surface area contributed by atoms with E-state index < -0.39 is 11.7 Å². The third-order valence-electron chi connectivity index (χ3n) is 5.80. The zero-order valence-corrected chi connectivity index (χ0v) is 17.4. The number of H-pyrrole nitrogens is 2. The normalized spacial score (nSPS) is 16.6. The van der Waals surface area contributed by atoms with Crippen LogP contribution in [-0.2, 0) is 6.18 Å². The van der Waals surface area contributed by atoms with E-state index in [-0.39, 0.29) is 17.7 Å². The molecule has 1 atom stereocenters. The summed E-state index contributed by atoms with van der Waals surface area (Å²) in [4.78, 5) is 14.2. The number of halogens is 3. The molecule has 0 saturated carbocycles. The maximum atomic E-state index is 13.8. The summed E-state index contributed by atoms with van der Waals surface area (Å²) in [6.45, 7) is 1.64. The number of hydrogen-bond donors (Lipinski definition) is 4. The van der Waals surface area contributed by atoms with Gasteiger partial charge in [0.25, 0.3) is 0 Å². The molecule has 0 amide bonds. The molecule has 0 radical (unpaired) electrons. The number of alkyl halides is 3. The van der Waals surface area contributed by atoms with Crippen LogP contribution in [0, 0.1) is 11.3 Å². The van der Waals surface area contributed by atoms with Gasteiger partial charge in [-0.15, -0.1) is 0 Å². The van der Waals surface area contributed by atoms with Crippen LogP contribution >= 0.6 is 0 Å². The molecule has 1 saturated heterocycles. The van der Waals surface area contributed by atoms with Crippen LogP contribution in [0.15, 0.2) is 42.9 Å². The molecule has 33 heavy (non-hydrogen) atoms. The number of aromatic amines is 2. The van der Waals surface area contributed by atoms with E-state index >= 15 is 0 Å². The van der Waals surface area contributed by atoms with Gasteiger partial charge in [0.15, 0.2) is 0 Å². The molecule has 0 spiro atoms. The Hall–Kier alpha value is -3.84. The first-order valence-electron chi connectivity index (χ1n) is 10.5. The van der Waals surface area contributed by atoms with E-state index in [4.69, 9.17) is 5.26 Å². The number of nitrogens with one attached hydrogen (secondary N) is 4. The smallest absolute Gasteiger partial charge is 0.360 e. The Morgan fingerprint density at radius 3 is 2.73 bits per heavy atom. The summed E-state index contributed by atoms with van der Waals surface area (Å²) in [5, 5.41) is 16.0. The molecule has 10 heteroatoms. The van der Waals surface area contributed by atoms with Crippen molar-refractivity contribution < 1.29 is 13.2 Å². The molecule has 1 aliphatic rings. The summed E-state index contributed by atoms with van der Waals surface area (Å²) in [5.41, 5.74) is 2.04. The van der Waals surface area contributed by atoms with Crippen LogP contribution in [0.4, 0.5) is 19.1 Å². The second-order valence-electron chi connectivity index (χ2n) is 8.02. The number of rotatable bonds is 4. The quantitative estimate of drug-likeness (QED) is 0.361. The molecule has 4 N–H and O–H groups in total. The lowest BCUT2D eigenvalue weighted by molar-refractivity contribution is -0.137. The highest BCUT2D eigenvalue weighted by molar-refractivity contribution is 5.97. The summed E-state index contributed by atoms with van der Waals surface area (Å²) >= 11 is 0. The Morgan fingerprint density at radius 1 is 1.12 bits per heavy atom. The zero-order chi connectivity index (χ0) is 23.0. The molecule has 4 aromatic rings. The van der Waals surface area contributed by atoms with Crippen molar-refractivity contribution in [3.8, 4) is 28.5 Å². The number of fused-ring (bicyclic) bond motifs is 1. The van der Waals surface area contributed by atoms with E-state index in [1.807, 2.05) is 18.2 Å². The fourth-order valence-electron chi connectivity index (χ4n) is 4.15. The van der Waals surface area contributed by atoms with E-state index in [1.54, 1.807) is 18.3 Å². The maximum Gasteiger partial charge on any atom is 0.419 e. The van der Waals surface area contributed by atoms with Gasteiger partial charge in [0.1, 0.15) is 17.3 Å². The molecular weight excluding hydrogens is 431 g/mol. The van der Waals surface area contributed by atoms with Crippen LogP contribution in [0.2, 0.25) is 0 Å². The summed E-state index contributed by atoms with van der Waals surface area (Å²) < 4.78 is 41.4. The van der Waals surface area contributed by atoms with Crippen LogP contribution in [-0.4, -0.2) is 39.1 Å². The molecule has 7 nitrogen and oxygen atoms in total. The van der Waals surface area contributed by atoms with Gasteiger partial charge in [0.05, 0.1) is 5.69 Å². The van der Waals surface area contributed by atoms with Gasteiger partial charge in [-0.2, -0.15) is 18.4 Å².